The van der Waals surface area contributed by atoms with Gasteiger partial charge in [-0.05, 0) is 23.8 Å². The summed E-state index contributed by atoms with van der Waals surface area (Å²) in [4.78, 5) is 15.7. The molecule has 1 aliphatic rings. The van der Waals surface area contributed by atoms with Gasteiger partial charge < -0.3 is 15.2 Å². The largest absolute Gasteiger partial charge is 0.479 e. The van der Waals surface area contributed by atoms with Crippen LogP contribution in [0.25, 0.3) is 0 Å². The number of pyridine rings is 1. The molecule has 0 bridgehead atoms. The number of aromatic nitrogens is 1. The third kappa shape index (κ3) is 3.77. The number of allylic oxidation sites excluding steroid dienone is 2. The number of ether oxygens (including phenoxy) is 1. The Morgan fingerprint density at radius 1 is 1.22 bits per heavy atom. The number of benzene rings is 1. The maximum atomic E-state index is 11.5. The molecule has 2 N–H and O–H groups in total. The van der Waals surface area contributed by atoms with Crippen LogP contribution in [-0.2, 0) is 4.79 Å². The fourth-order valence-electron chi connectivity index (χ4n) is 2.12. The molecule has 5 nitrogen and oxygen atoms in total. The lowest BCUT2D eigenvalue weighted by atomic mass is 10.1. The highest BCUT2D eigenvalue weighted by Gasteiger charge is 2.20. The van der Waals surface area contributed by atoms with Crippen molar-refractivity contribution in [2.24, 2.45) is 0 Å². The minimum absolute atomic E-state index is 0.466. The van der Waals surface area contributed by atoms with Crippen molar-refractivity contribution in [3.8, 4) is 5.88 Å². The van der Waals surface area contributed by atoms with E-state index in [0.29, 0.717) is 18.1 Å². The fourth-order valence-corrected chi connectivity index (χ4v) is 2.12. The fraction of sp³-hybridized carbons (Fsp3) is 0.111. The quantitative estimate of drug-likeness (QED) is 0.822. The maximum Gasteiger partial charge on any atom is 0.330 e. The molecule has 0 fully saturated rings. The van der Waals surface area contributed by atoms with Crippen LogP contribution in [0.5, 0.6) is 5.88 Å². The van der Waals surface area contributed by atoms with Crippen molar-refractivity contribution in [1.29, 1.82) is 0 Å². The highest BCUT2D eigenvalue weighted by Crippen LogP contribution is 2.21. The molecule has 2 aromatic rings. The van der Waals surface area contributed by atoms with Crippen LogP contribution in [0.15, 0.2) is 72.5 Å². The van der Waals surface area contributed by atoms with Gasteiger partial charge in [-0.1, -0.05) is 36.4 Å². The molecule has 0 aliphatic heterocycles. The Kier molecular flexibility index (Phi) is 4.38. The first-order chi connectivity index (χ1) is 11.2. The van der Waals surface area contributed by atoms with E-state index in [1.54, 1.807) is 12.1 Å². The van der Waals surface area contributed by atoms with Crippen molar-refractivity contribution in [3.05, 3.63) is 78.0 Å². The zero-order valence-electron chi connectivity index (χ0n) is 12.3. The molecule has 0 saturated heterocycles. The minimum atomic E-state index is -0.964. The molecule has 1 unspecified atom stereocenters. The Morgan fingerprint density at radius 2 is 2.00 bits per heavy atom. The van der Waals surface area contributed by atoms with Gasteiger partial charge in [0, 0.05) is 23.5 Å². The number of carboxylic acid groups (broad SMARTS) is 1. The van der Waals surface area contributed by atoms with Crippen molar-refractivity contribution < 1.29 is 14.6 Å². The topological polar surface area (TPSA) is 71.5 Å². The van der Waals surface area contributed by atoms with Gasteiger partial charge in [0.2, 0.25) is 5.88 Å². The Balaban J connectivity index is 1.68. The molecule has 23 heavy (non-hydrogen) atoms. The number of carbonyl (C=O) groups is 1. The summed E-state index contributed by atoms with van der Waals surface area (Å²) in [6.45, 7) is 0.466. The SMILES string of the molecule is O=C(O)C(Nc1ccccc1)c1ccc(OCC2=CC=C2)nc1. The number of nitrogens with zero attached hydrogens (tertiary/aromatic N) is 1. The van der Waals surface area contributed by atoms with Crippen molar-refractivity contribution >= 4 is 11.7 Å². The third-order valence-electron chi connectivity index (χ3n) is 3.43. The second kappa shape index (κ2) is 6.79. The van der Waals surface area contributed by atoms with Gasteiger partial charge in [0.25, 0.3) is 0 Å². The summed E-state index contributed by atoms with van der Waals surface area (Å²) >= 11 is 0. The van der Waals surface area contributed by atoms with Gasteiger partial charge in [0.05, 0.1) is 0 Å². The van der Waals surface area contributed by atoms with Crippen LogP contribution in [0.3, 0.4) is 0 Å². The van der Waals surface area contributed by atoms with Gasteiger partial charge in [0.15, 0.2) is 6.04 Å². The summed E-state index contributed by atoms with van der Waals surface area (Å²) in [6.07, 6.45) is 7.41. The summed E-state index contributed by atoms with van der Waals surface area (Å²) < 4.78 is 5.52. The first kappa shape index (κ1) is 14.8. The lowest BCUT2D eigenvalue weighted by Gasteiger charge is -2.16. The number of para-hydroxylation sites is 1. The molecule has 1 atom stereocenters. The van der Waals surface area contributed by atoms with E-state index >= 15 is 0 Å². The van der Waals surface area contributed by atoms with Crippen molar-refractivity contribution in [2.45, 2.75) is 6.04 Å². The lowest BCUT2D eigenvalue weighted by molar-refractivity contribution is -0.138. The van der Waals surface area contributed by atoms with Gasteiger partial charge in [-0.25, -0.2) is 9.78 Å². The first-order valence-corrected chi connectivity index (χ1v) is 7.23. The van der Waals surface area contributed by atoms with Gasteiger partial charge in [-0.3, -0.25) is 0 Å². The number of aliphatic carboxylic acids is 1. The molecule has 0 amide bonds. The average Bonchev–Trinajstić information content (AvgIpc) is 2.53. The molecular weight excluding hydrogens is 292 g/mol. The normalized spacial score (nSPS) is 13.7. The maximum absolute atomic E-state index is 11.5. The van der Waals surface area contributed by atoms with Gasteiger partial charge >= 0.3 is 5.97 Å². The summed E-state index contributed by atoms with van der Waals surface area (Å²) in [5.41, 5.74) is 2.41. The summed E-state index contributed by atoms with van der Waals surface area (Å²) in [6, 6.07) is 11.7. The van der Waals surface area contributed by atoms with Gasteiger partial charge in [-0.15, -0.1) is 0 Å². The predicted octanol–water partition coefficient (Wildman–Crippen LogP) is 3.19. The van der Waals surface area contributed by atoms with Crippen LogP contribution in [0.1, 0.15) is 11.6 Å². The first-order valence-electron chi connectivity index (χ1n) is 7.23. The van der Waals surface area contributed by atoms with Crippen LogP contribution >= 0.6 is 0 Å². The molecule has 0 radical (unpaired) electrons. The molecule has 1 aromatic carbocycles. The smallest absolute Gasteiger partial charge is 0.330 e. The van der Waals surface area contributed by atoms with E-state index in [9.17, 15) is 9.90 Å². The summed E-state index contributed by atoms with van der Waals surface area (Å²) in [5, 5.41) is 12.4. The van der Waals surface area contributed by atoms with Crippen molar-refractivity contribution in [3.63, 3.8) is 0 Å². The van der Waals surface area contributed by atoms with E-state index < -0.39 is 12.0 Å². The van der Waals surface area contributed by atoms with Crippen LogP contribution in [0.4, 0.5) is 5.69 Å². The number of anilines is 1. The van der Waals surface area contributed by atoms with E-state index in [0.717, 1.165) is 11.3 Å². The van der Waals surface area contributed by atoms with E-state index in [1.165, 1.54) is 6.20 Å². The monoisotopic (exact) mass is 308 g/mol. The Labute approximate surface area is 133 Å². The van der Waals surface area contributed by atoms with E-state index in [1.807, 2.05) is 48.6 Å². The van der Waals surface area contributed by atoms with Crippen LogP contribution in [-0.4, -0.2) is 22.7 Å². The average molecular weight is 308 g/mol. The minimum Gasteiger partial charge on any atom is -0.479 e. The van der Waals surface area contributed by atoms with E-state index in [2.05, 4.69) is 10.3 Å². The Hall–Kier alpha value is -3.08. The number of hydrogen-bond acceptors (Lipinski definition) is 4. The van der Waals surface area contributed by atoms with Crippen molar-refractivity contribution in [1.82, 2.24) is 4.98 Å². The third-order valence-corrected chi connectivity index (χ3v) is 3.43. The van der Waals surface area contributed by atoms with Gasteiger partial charge in [0.1, 0.15) is 6.61 Å². The number of rotatable bonds is 7. The number of nitrogens with one attached hydrogen (secondary N) is 1. The second-order valence-corrected chi connectivity index (χ2v) is 5.10. The molecule has 1 aromatic heterocycles. The second-order valence-electron chi connectivity index (χ2n) is 5.10. The van der Waals surface area contributed by atoms with Crippen LogP contribution in [0.2, 0.25) is 0 Å². The molecule has 5 heteroatoms. The van der Waals surface area contributed by atoms with Crippen molar-refractivity contribution in [2.75, 3.05) is 11.9 Å². The summed E-state index contributed by atoms with van der Waals surface area (Å²) in [7, 11) is 0. The van der Waals surface area contributed by atoms with Gasteiger partial charge in [-0.2, -0.15) is 0 Å². The zero-order valence-corrected chi connectivity index (χ0v) is 12.3. The molecular formula is C18H16N2O3. The molecule has 1 aliphatic carbocycles. The van der Waals surface area contributed by atoms with E-state index in [4.69, 9.17) is 4.74 Å². The highest BCUT2D eigenvalue weighted by atomic mass is 16.5. The zero-order chi connectivity index (χ0) is 16.1. The highest BCUT2D eigenvalue weighted by molar-refractivity contribution is 5.79. The predicted molar refractivity (Wildman–Crippen MR) is 87.4 cm³/mol. The van der Waals surface area contributed by atoms with E-state index in [-0.39, 0.29) is 0 Å². The molecule has 116 valence electrons. The molecule has 1 heterocycles. The Morgan fingerprint density at radius 3 is 2.57 bits per heavy atom. The summed E-state index contributed by atoms with van der Waals surface area (Å²) in [5.74, 6) is -0.493. The number of carboxylic acids is 1. The standard InChI is InChI=1S/C18H16N2O3/c21-18(22)17(20-15-7-2-1-3-8-15)14-9-10-16(19-11-14)23-12-13-5-4-6-13/h1-11,17,20H,12H2,(H,21,22). The Bertz CT molecular complexity index is 737. The molecule has 0 saturated carbocycles. The molecule has 3 rings (SSSR count). The molecule has 0 spiro atoms. The lowest BCUT2D eigenvalue weighted by Crippen LogP contribution is -2.20. The van der Waals surface area contributed by atoms with Crippen LogP contribution < -0.4 is 10.1 Å². The van der Waals surface area contributed by atoms with Crippen LogP contribution in [0, 0.1) is 0 Å². The number of hydrogen-bond donors (Lipinski definition) is 2.